The van der Waals surface area contributed by atoms with Crippen molar-refractivity contribution in [2.75, 3.05) is 59.4 Å². The number of likely N-dealkylation sites (N-methyl/N-ethyl adjacent to an activating group) is 1. The molecule has 0 aliphatic carbocycles. The third-order valence-corrected chi connectivity index (χ3v) is 5.41. The van der Waals surface area contributed by atoms with E-state index in [1.165, 1.54) is 0 Å². The molecule has 114 valence electrons. The molecule has 0 radical (unpaired) electrons. The van der Waals surface area contributed by atoms with E-state index in [2.05, 4.69) is 34.0 Å². The number of nitrogens with one attached hydrogen (secondary N) is 1. The maximum absolute atomic E-state index is 12.9. The molecule has 0 aromatic rings. The van der Waals surface area contributed by atoms with Gasteiger partial charge in [0.1, 0.15) is 0 Å². The second-order valence-electron chi connectivity index (χ2n) is 7.01. The van der Waals surface area contributed by atoms with E-state index in [0.29, 0.717) is 11.9 Å². The van der Waals surface area contributed by atoms with Crippen LogP contribution in [0, 0.1) is 5.41 Å². The van der Waals surface area contributed by atoms with E-state index < -0.39 is 0 Å². The van der Waals surface area contributed by atoms with Crippen molar-refractivity contribution in [2.24, 2.45) is 5.41 Å². The van der Waals surface area contributed by atoms with E-state index >= 15 is 0 Å². The Morgan fingerprint density at radius 1 is 1.10 bits per heavy atom. The second-order valence-corrected chi connectivity index (χ2v) is 7.01. The molecule has 3 rings (SSSR count). The first kappa shape index (κ1) is 14.3. The first-order valence-electron chi connectivity index (χ1n) is 8.01. The van der Waals surface area contributed by atoms with Crippen LogP contribution in [-0.2, 0) is 4.79 Å². The van der Waals surface area contributed by atoms with Gasteiger partial charge in [-0.15, -0.1) is 0 Å². The van der Waals surface area contributed by atoms with Gasteiger partial charge in [0.25, 0.3) is 0 Å². The monoisotopic (exact) mass is 280 g/mol. The number of rotatable bonds is 1. The van der Waals surface area contributed by atoms with Gasteiger partial charge in [-0.3, -0.25) is 9.69 Å². The van der Waals surface area contributed by atoms with Gasteiger partial charge in [0.15, 0.2) is 0 Å². The molecule has 3 heterocycles. The van der Waals surface area contributed by atoms with Gasteiger partial charge in [0, 0.05) is 50.7 Å². The van der Waals surface area contributed by atoms with E-state index in [0.717, 1.165) is 65.2 Å². The van der Waals surface area contributed by atoms with E-state index in [-0.39, 0.29) is 5.41 Å². The smallest absolute Gasteiger partial charge is 0.228 e. The molecular weight excluding hydrogens is 252 g/mol. The minimum absolute atomic E-state index is 0.131. The summed E-state index contributed by atoms with van der Waals surface area (Å²) in [5.74, 6) is 0.395. The van der Waals surface area contributed by atoms with Gasteiger partial charge in [-0.25, -0.2) is 0 Å². The first-order chi connectivity index (χ1) is 9.58. The van der Waals surface area contributed by atoms with Crippen LogP contribution in [0.1, 0.15) is 19.8 Å². The van der Waals surface area contributed by atoms with E-state index in [9.17, 15) is 4.79 Å². The molecule has 3 aliphatic heterocycles. The lowest BCUT2D eigenvalue weighted by atomic mass is 9.79. The standard InChI is InChI=1S/C15H28N4O/c1-15(3-5-16-6-4-15)14(20)19-10-9-18-8-7-17(2)11-13(18)12-19/h13,16H,3-12H2,1-2H3. The van der Waals surface area contributed by atoms with Crippen molar-refractivity contribution >= 4 is 5.91 Å². The molecule has 3 aliphatic rings. The number of carbonyl (C=O) groups excluding carboxylic acids is 1. The predicted molar refractivity (Wildman–Crippen MR) is 79.6 cm³/mol. The molecule has 0 saturated carbocycles. The lowest BCUT2D eigenvalue weighted by Crippen LogP contribution is -2.63. The minimum atomic E-state index is -0.131. The predicted octanol–water partition coefficient (Wildman–Crippen LogP) is -0.166. The number of piperazine rings is 2. The van der Waals surface area contributed by atoms with E-state index in [1.807, 2.05) is 0 Å². The van der Waals surface area contributed by atoms with Gasteiger partial charge in [-0.1, -0.05) is 6.92 Å². The summed E-state index contributed by atoms with van der Waals surface area (Å²) in [7, 11) is 2.19. The maximum atomic E-state index is 12.9. The minimum Gasteiger partial charge on any atom is -0.339 e. The van der Waals surface area contributed by atoms with Gasteiger partial charge in [0.2, 0.25) is 5.91 Å². The highest BCUT2D eigenvalue weighted by Crippen LogP contribution is 2.31. The largest absolute Gasteiger partial charge is 0.339 e. The topological polar surface area (TPSA) is 38.8 Å². The number of hydrogen-bond acceptors (Lipinski definition) is 4. The first-order valence-corrected chi connectivity index (χ1v) is 8.01. The molecular formula is C15H28N4O. The lowest BCUT2D eigenvalue weighted by molar-refractivity contribution is -0.146. The van der Waals surface area contributed by atoms with Gasteiger partial charge in [-0.05, 0) is 33.0 Å². The molecule has 0 aromatic carbocycles. The number of amides is 1. The molecule has 5 nitrogen and oxygen atoms in total. The zero-order chi connectivity index (χ0) is 14.2. The Hall–Kier alpha value is -0.650. The Kier molecular flexibility index (Phi) is 4.02. The average molecular weight is 280 g/mol. The molecule has 3 fully saturated rings. The highest BCUT2D eigenvalue weighted by Gasteiger charge is 2.41. The zero-order valence-corrected chi connectivity index (χ0v) is 12.9. The highest BCUT2D eigenvalue weighted by atomic mass is 16.2. The Balaban J connectivity index is 1.64. The summed E-state index contributed by atoms with van der Waals surface area (Å²) in [6.45, 7) is 10.4. The third kappa shape index (κ3) is 2.71. The molecule has 20 heavy (non-hydrogen) atoms. The fraction of sp³-hybridized carbons (Fsp3) is 0.933. The number of carbonyl (C=O) groups is 1. The Bertz CT molecular complexity index is 367. The third-order valence-electron chi connectivity index (χ3n) is 5.41. The van der Waals surface area contributed by atoms with Crippen LogP contribution >= 0.6 is 0 Å². The van der Waals surface area contributed by atoms with Crippen LogP contribution in [-0.4, -0.2) is 86.1 Å². The van der Waals surface area contributed by atoms with Gasteiger partial charge >= 0.3 is 0 Å². The van der Waals surface area contributed by atoms with Crippen LogP contribution < -0.4 is 5.32 Å². The second kappa shape index (κ2) is 5.62. The molecule has 1 unspecified atom stereocenters. The number of nitrogens with zero attached hydrogens (tertiary/aromatic N) is 3. The lowest BCUT2D eigenvalue weighted by Gasteiger charge is -2.48. The van der Waals surface area contributed by atoms with E-state index in [4.69, 9.17) is 0 Å². The number of fused-ring (bicyclic) bond motifs is 1. The molecule has 1 N–H and O–H groups in total. The Labute approximate surface area is 122 Å². The van der Waals surface area contributed by atoms with Crippen LogP contribution in [0.25, 0.3) is 0 Å². The van der Waals surface area contributed by atoms with Crippen molar-refractivity contribution in [1.82, 2.24) is 20.0 Å². The zero-order valence-electron chi connectivity index (χ0n) is 12.9. The summed E-state index contributed by atoms with van der Waals surface area (Å²) >= 11 is 0. The molecule has 0 bridgehead atoms. The number of piperidine rings is 1. The fourth-order valence-electron chi connectivity index (χ4n) is 3.87. The van der Waals surface area contributed by atoms with Crippen LogP contribution in [0.2, 0.25) is 0 Å². The van der Waals surface area contributed by atoms with Crippen LogP contribution in [0.4, 0.5) is 0 Å². The fourth-order valence-corrected chi connectivity index (χ4v) is 3.87. The van der Waals surface area contributed by atoms with Crippen molar-refractivity contribution in [1.29, 1.82) is 0 Å². The molecule has 1 atom stereocenters. The van der Waals surface area contributed by atoms with Crippen molar-refractivity contribution in [2.45, 2.75) is 25.8 Å². The Morgan fingerprint density at radius 3 is 2.55 bits per heavy atom. The normalized spacial score (nSPS) is 31.9. The van der Waals surface area contributed by atoms with Gasteiger partial charge in [0.05, 0.1) is 0 Å². The highest BCUT2D eigenvalue weighted by molar-refractivity contribution is 5.82. The quantitative estimate of drug-likeness (QED) is 0.724. The van der Waals surface area contributed by atoms with E-state index in [1.54, 1.807) is 0 Å². The number of hydrogen-bond donors (Lipinski definition) is 1. The summed E-state index contributed by atoms with van der Waals surface area (Å²) in [6, 6.07) is 0.539. The van der Waals surface area contributed by atoms with Crippen molar-refractivity contribution in [3.05, 3.63) is 0 Å². The maximum Gasteiger partial charge on any atom is 0.228 e. The molecule has 0 aromatic heterocycles. The summed E-state index contributed by atoms with van der Waals surface area (Å²) in [4.78, 5) is 20.0. The van der Waals surface area contributed by atoms with Crippen LogP contribution in [0.15, 0.2) is 0 Å². The van der Waals surface area contributed by atoms with Crippen molar-refractivity contribution < 1.29 is 4.79 Å². The SMILES string of the molecule is CN1CCN2CCN(C(=O)C3(C)CCNCC3)CC2C1. The molecule has 0 spiro atoms. The van der Waals surface area contributed by atoms with Crippen molar-refractivity contribution in [3.63, 3.8) is 0 Å². The van der Waals surface area contributed by atoms with Crippen LogP contribution in [0.3, 0.4) is 0 Å². The Morgan fingerprint density at radius 2 is 1.80 bits per heavy atom. The average Bonchev–Trinajstić information content (AvgIpc) is 2.46. The molecule has 1 amide bonds. The summed E-state index contributed by atoms with van der Waals surface area (Å²) in [5.41, 5.74) is -0.131. The van der Waals surface area contributed by atoms with Gasteiger partial charge < -0.3 is 15.1 Å². The van der Waals surface area contributed by atoms with Gasteiger partial charge in [-0.2, -0.15) is 0 Å². The van der Waals surface area contributed by atoms with Crippen LogP contribution in [0.5, 0.6) is 0 Å². The molecule has 5 heteroatoms. The van der Waals surface area contributed by atoms with Crippen molar-refractivity contribution in [3.8, 4) is 0 Å². The molecule has 3 saturated heterocycles. The summed E-state index contributed by atoms with van der Waals surface area (Å²) < 4.78 is 0. The summed E-state index contributed by atoms with van der Waals surface area (Å²) in [5, 5.41) is 3.36. The summed E-state index contributed by atoms with van der Waals surface area (Å²) in [6.07, 6.45) is 1.97.